The van der Waals surface area contributed by atoms with Crippen LogP contribution in [0.15, 0.2) is 67.4 Å². The maximum atomic E-state index is 12.9. The quantitative estimate of drug-likeness (QED) is 0.446. The van der Waals surface area contributed by atoms with Crippen LogP contribution in [0.3, 0.4) is 0 Å². The van der Waals surface area contributed by atoms with Crippen LogP contribution in [-0.4, -0.2) is 61.6 Å². The highest BCUT2D eigenvalue weighted by molar-refractivity contribution is 7.15. The average Bonchev–Trinajstić information content (AvgIpc) is 3.52. The molecule has 4 aromatic rings. The van der Waals surface area contributed by atoms with E-state index in [9.17, 15) is 4.79 Å². The number of aromatic nitrogens is 4. The van der Waals surface area contributed by atoms with E-state index < -0.39 is 0 Å². The molecule has 0 spiro atoms. The molecule has 0 bridgehead atoms. The lowest BCUT2D eigenvalue weighted by atomic mass is 10.2. The summed E-state index contributed by atoms with van der Waals surface area (Å²) in [5.41, 5.74) is 1.74. The number of carbonyl (C=O) groups is 1. The van der Waals surface area contributed by atoms with E-state index in [0.717, 1.165) is 30.2 Å². The lowest BCUT2D eigenvalue weighted by Gasteiger charge is -2.34. The summed E-state index contributed by atoms with van der Waals surface area (Å²) in [5, 5.41) is 4.80. The van der Waals surface area contributed by atoms with Crippen molar-refractivity contribution in [1.82, 2.24) is 29.5 Å². The van der Waals surface area contributed by atoms with E-state index in [-0.39, 0.29) is 5.91 Å². The fourth-order valence-corrected chi connectivity index (χ4v) is 4.98. The Morgan fingerprint density at radius 3 is 2.66 bits per heavy atom. The summed E-state index contributed by atoms with van der Waals surface area (Å²) in [4.78, 5) is 27.9. The first-order valence-electron chi connectivity index (χ1n) is 10.3. The number of hydrogen-bond acceptors (Lipinski definition) is 6. The smallest absolute Gasteiger partial charge is 0.255 e. The Hall–Kier alpha value is -3.07. The maximum Gasteiger partial charge on any atom is 0.255 e. The van der Waals surface area contributed by atoms with E-state index in [4.69, 9.17) is 11.6 Å². The van der Waals surface area contributed by atoms with Gasteiger partial charge >= 0.3 is 0 Å². The predicted molar refractivity (Wildman–Crippen MR) is 125 cm³/mol. The fourth-order valence-electron chi connectivity index (χ4n) is 3.75. The SMILES string of the molecule is O=C(c1ccc(-n2cncn2)nc1)N1CCN(Cc2ccc(-c3cccc(Cl)c3)s2)CC1. The molecule has 1 aromatic carbocycles. The Morgan fingerprint density at radius 2 is 1.94 bits per heavy atom. The van der Waals surface area contributed by atoms with Crippen LogP contribution in [0.25, 0.3) is 16.3 Å². The average molecular weight is 465 g/mol. The van der Waals surface area contributed by atoms with Gasteiger partial charge in [0.15, 0.2) is 5.82 Å². The van der Waals surface area contributed by atoms with Gasteiger partial charge in [-0.1, -0.05) is 23.7 Å². The summed E-state index contributed by atoms with van der Waals surface area (Å²) in [6.07, 6.45) is 4.64. The Bertz CT molecular complexity index is 1200. The molecule has 0 atom stereocenters. The molecule has 1 fully saturated rings. The van der Waals surface area contributed by atoms with Crippen LogP contribution >= 0.6 is 22.9 Å². The van der Waals surface area contributed by atoms with Crippen molar-refractivity contribution in [2.75, 3.05) is 26.2 Å². The molecule has 0 N–H and O–H groups in total. The lowest BCUT2D eigenvalue weighted by molar-refractivity contribution is 0.0629. The molecule has 3 aromatic heterocycles. The fraction of sp³-hybridized carbons (Fsp3) is 0.217. The minimum Gasteiger partial charge on any atom is -0.336 e. The molecule has 0 saturated carbocycles. The molecule has 1 amide bonds. The van der Waals surface area contributed by atoms with Gasteiger partial charge in [0, 0.05) is 53.7 Å². The van der Waals surface area contributed by atoms with Gasteiger partial charge in [-0.3, -0.25) is 9.69 Å². The monoisotopic (exact) mass is 464 g/mol. The molecule has 5 rings (SSSR count). The first kappa shape index (κ1) is 20.8. The predicted octanol–water partition coefficient (Wildman–Crippen LogP) is 4.00. The Labute approximate surface area is 194 Å². The summed E-state index contributed by atoms with van der Waals surface area (Å²) in [5.74, 6) is 0.651. The van der Waals surface area contributed by atoms with Gasteiger partial charge in [0.2, 0.25) is 0 Å². The number of benzene rings is 1. The van der Waals surface area contributed by atoms with Crippen LogP contribution in [0.2, 0.25) is 5.02 Å². The standard InChI is InChI=1S/C23H21ClN6OS/c24-19-3-1-2-17(12-19)21-6-5-20(32-21)14-28-8-10-29(11-9-28)23(31)18-4-7-22(26-13-18)30-16-25-15-27-30/h1-7,12-13,15-16H,8-11,14H2. The largest absolute Gasteiger partial charge is 0.336 e. The van der Waals surface area contributed by atoms with Crippen LogP contribution in [0.1, 0.15) is 15.2 Å². The highest BCUT2D eigenvalue weighted by Gasteiger charge is 2.23. The third-order valence-corrected chi connectivity index (χ3v) is 6.81. The first-order valence-corrected chi connectivity index (χ1v) is 11.5. The van der Waals surface area contributed by atoms with Crippen molar-refractivity contribution in [2.24, 2.45) is 0 Å². The molecule has 7 nitrogen and oxygen atoms in total. The van der Waals surface area contributed by atoms with Crippen molar-refractivity contribution < 1.29 is 4.79 Å². The summed E-state index contributed by atoms with van der Waals surface area (Å²) in [6, 6.07) is 15.9. The van der Waals surface area contributed by atoms with Gasteiger partial charge in [-0.25, -0.2) is 14.6 Å². The summed E-state index contributed by atoms with van der Waals surface area (Å²) >= 11 is 7.92. The van der Waals surface area contributed by atoms with Crippen molar-refractivity contribution >= 4 is 28.8 Å². The molecule has 9 heteroatoms. The summed E-state index contributed by atoms with van der Waals surface area (Å²) in [6.45, 7) is 4.00. The number of carbonyl (C=O) groups excluding carboxylic acids is 1. The van der Waals surface area contributed by atoms with Crippen LogP contribution < -0.4 is 0 Å². The zero-order valence-corrected chi connectivity index (χ0v) is 18.8. The van der Waals surface area contributed by atoms with Crippen LogP contribution in [0.4, 0.5) is 0 Å². The zero-order valence-electron chi connectivity index (χ0n) is 17.3. The molecule has 4 heterocycles. The van der Waals surface area contributed by atoms with Crippen LogP contribution in [0.5, 0.6) is 0 Å². The molecule has 1 aliphatic rings. The van der Waals surface area contributed by atoms with Crippen LogP contribution in [0, 0.1) is 0 Å². The van der Waals surface area contributed by atoms with Gasteiger partial charge in [-0.2, -0.15) is 5.10 Å². The molecule has 0 unspecified atom stereocenters. The van der Waals surface area contributed by atoms with Crippen molar-refractivity contribution in [2.45, 2.75) is 6.54 Å². The number of piperazine rings is 1. The van der Waals surface area contributed by atoms with E-state index in [1.54, 1.807) is 40.7 Å². The van der Waals surface area contributed by atoms with E-state index >= 15 is 0 Å². The second-order valence-electron chi connectivity index (χ2n) is 7.59. The van der Waals surface area contributed by atoms with Gasteiger partial charge in [0.25, 0.3) is 5.91 Å². The lowest BCUT2D eigenvalue weighted by Crippen LogP contribution is -2.48. The number of amides is 1. The molecule has 0 radical (unpaired) electrons. The van der Waals surface area contributed by atoms with Crippen LogP contribution in [-0.2, 0) is 6.54 Å². The molecule has 0 aliphatic carbocycles. The number of halogens is 1. The number of pyridine rings is 1. The molecule has 1 aliphatic heterocycles. The third-order valence-electron chi connectivity index (χ3n) is 5.46. The van der Waals surface area contributed by atoms with E-state index in [1.165, 1.54) is 16.1 Å². The van der Waals surface area contributed by atoms with E-state index in [2.05, 4.69) is 38.2 Å². The molecular weight excluding hydrogens is 444 g/mol. The van der Waals surface area contributed by atoms with Crippen molar-refractivity contribution in [1.29, 1.82) is 0 Å². The summed E-state index contributed by atoms with van der Waals surface area (Å²) in [7, 11) is 0. The Morgan fingerprint density at radius 1 is 1.06 bits per heavy atom. The number of rotatable bonds is 5. The molecule has 1 saturated heterocycles. The van der Waals surface area contributed by atoms with Crippen molar-refractivity contribution in [3.8, 4) is 16.3 Å². The Balaban J connectivity index is 1.16. The molecule has 32 heavy (non-hydrogen) atoms. The molecule has 162 valence electrons. The minimum atomic E-state index is 0.0154. The van der Waals surface area contributed by atoms with Crippen molar-refractivity contribution in [3.63, 3.8) is 0 Å². The minimum absolute atomic E-state index is 0.0154. The van der Waals surface area contributed by atoms with Crippen molar-refractivity contribution in [3.05, 3.63) is 82.8 Å². The van der Waals surface area contributed by atoms with E-state index in [1.807, 2.05) is 23.1 Å². The number of thiophene rings is 1. The normalized spacial score (nSPS) is 14.6. The van der Waals surface area contributed by atoms with Gasteiger partial charge in [0.1, 0.15) is 12.7 Å². The second-order valence-corrected chi connectivity index (χ2v) is 9.19. The first-order chi connectivity index (χ1) is 15.7. The number of nitrogens with zero attached hydrogens (tertiary/aromatic N) is 6. The van der Waals surface area contributed by atoms with E-state index in [0.29, 0.717) is 24.5 Å². The maximum absolute atomic E-state index is 12.9. The van der Waals surface area contributed by atoms with Gasteiger partial charge in [-0.05, 0) is 42.0 Å². The molecular formula is C23H21ClN6OS. The summed E-state index contributed by atoms with van der Waals surface area (Å²) < 4.78 is 1.56. The van der Waals surface area contributed by atoms with Gasteiger partial charge in [-0.15, -0.1) is 11.3 Å². The Kier molecular flexibility index (Phi) is 5.98. The second kappa shape index (κ2) is 9.20. The van der Waals surface area contributed by atoms with Gasteiger partial charge < -0.3 is 4.90 Å². The highest BCUT2D eigenvalue weighted by Crippen LogP contribution is 2.30. The zero-order chi connectivity index (χ0) is 21.9. The number of hydrogen-bond donors (Lipinski definition) is 0. The third kappa shape index (κ3) is 4.57. The highest BCUT2D eigenvalue weighted by atomic mass is 35.5. The topological polar surface area (TPSA) is 67.2 Å². The van der Waals surface area contributed by atoms with Gasteiger partial charge in [0.05, 0.1) is 5.56 Å².